The highest BCUT2D eigenvalue weighted by atomic mass is 32.1. The molecule has 2 heterocycles. The van der Waals surface area contributed by atoms with E-state index in [1.807, 2.05) is 36.4 Å². The first kappa shape index (κ1) is 18.7. The number of halogens is 1. The fourth-order valence-electron chi connectivity index (χ4n) is 2.74. The molecule has 0 bridgehead atoms. The molecule has 2 aromatic heterocycles. The molecule has 4 aromatic rings. The number of carbonyl (C=O) groups excluding carboxylic acids is 1. The van der Waals surface area contributed by atoms with Crippen LogP contribution in [0.15, 0.2) is 66.9 Å². The van der Waals surface area contributed by atoms with E-state index < -0.39 is 0 Å². The summed E-state index contributed by atoms with van der Waals surface area (Å²) in [6, 6.07) is 17.7. The second-order valence-electron chi connectivity index (χ2n) is 6.20. The lowest BCUT2D eigenvalue weighted by Gasteiger charge is -2.11. The van der Waals surface area contributed by atoms with Gasteiger partial charge in [0.05, 0.1) is 0 Å². The Labute approximate surface area is 170 Å². The largest absolute Gasteiger partial charge is 0.340 e. The van der Waals surface area contributed by atoms with Crippen molar-refractivity contribution in [2.75, 3.05) is 10.6 Å². The molecule has 0 aliphatic heterocycles. The predicted octanol–water partition coefficient (Wildman–Crippen LogP) is 5.11. The van der Waals surface area contributed by atoms with Crippen molar-refractivity contribution in [3.8, 4) is 21.7 Å². The Morgan fingerprint density at radius 3 is 2.41 bits per heavy atom. The lowest BCUT2D eigenvalue weighted by Crippen LogP contribution is -2.04. The topological polar surface area (TPSA) is 79.8 Å². The first-order valence-electron chi connectivity index (χ1n) is 8.78. The Bertz CT molecular complexity index is 1140. The zero-order chi connectivity index (χ0) is 20.2. The number of amides is 1. The van der Waals surface area contributed by atoms with Gasteiger partial charge in [0, 0.05) is 29.9 Å². The van der Waals surface area contributed by atoms with E-state index in [0.29, 0.717) is 16.0 Å². The van der Waals surface area contributed by atoms with E-state index in [1.165, 1.54) is 30.4 Å². The van der Waals surface area contributed by atoms with Crippen LogP contribution in [0.5, 0.6) is 0 Å². The number of nitrogens with zero attached hydrogens (tertiary/aromatic N) is 3. The lowest BCUT2D eigenvalue weighted by molar-refractivity contribution is -0.114. The third-order valence-corrected chi connectivity index (χ3v) is 4.95. The van der Waals surface area contributed by atoms with Gasteiger partial charge in [-0.3, -0.25) is 4.79 Å². The molecule has 0 saturated carbocycles. The van der Waals surface area contributed by atoms with Gasteiger partial charge in [0.1, 0.15) is 16.6 Å². The molecule has 0 fully saturated rings. The van der Waals surface area contributed by atoms with Crippen molar-refractivity contribution in [2.45, 2.75) is 6.92 Å². The molecule has 2 aromatic carbocycles. The molecule has 0 radical (unpaired) electrons. The highest BCUT2D eigenvalue weighted by molar-refractivity contribution is 7.18. The Hall–Kier alpha value is -3.65. The molecule has 4 rings (SSSR count). The smallest absolute Gasteiger partial charge is 0.223 e. The van der Waals surface area contributed by atoms with Gasteiger partial charge in [0.2, 0.25) is 11.0 Å². The molecule has 144 valence electrons. The highest BCUT2D eigenvalue weighted by Gasteiger charge is 2.09. The maximum Gasteiger partial charge on any atom is 0.223 e. The van der Waals surface area contributed by atoms with Gasteiger partial charge in [-0.1, -0.05) is 23.5 Å². The van der Waals surface area contributed by atoms with Crippen LogP contribution in [0.2, 0.25) is 0 Å². The number of anilines is 3. The summed E-state index contributed by atoms with van der Waals surface area (Å²) in [4.78, 5) is 15.5. The van der Waals surface area contributed by atoms with Gasteiger partial charge < -0.3 is 10.6 Å². The number of carbonyl (C=O) groups is 1. The van der Waals surface area contributed by atoms with Crippen LogP contribution in [-0.4, -0.2) is 21.1 Å². The quantitative estimate of drug-likeness (QED) is 0.482. The van der Waals surface area contributed by atoms with E-state index >= 15 is 0 Å². The molecule has 1 amide bonds. The normalized spacial score (nSPS) is 10.6. The Morgan fingerprint density at radius 1 is 0.966 bits per heavy atom. The van der Waals surface area contributed by atoms with Crippen molar-refractivity contribution >= 4 is 33.9 Å². The van der Waals surface area contributed by atoms with E-state index in [2.05, 4.69) is 25.8 Å². The molecule has 8 heteroatoms. The number of hydrogen-bond acceptors (Lipinski definition) is 6. The minimum absolute atomic E-state index is 0.181. The van der Waals surface area contributed by atoms with Crippen molar-refractivity contribution in [3.63, 3.8) is 0 Å². The molecular formula is C21H16FN5OS. The molecule has 0 unspecified atom stereocenters. The van der Waals surface area contributed by atoms with Crippen LogP contribution < -0.4 is 10.6 Å². The Kier molecular flexibility index (Phi) is 5.26. The van der Waals surface area contributed by atoms with Crippen molar-refractivity contribution in [1.82, 2.24) is 15.2 Å². The number of aromatic nitrogens is 3. The van der Waals surface area contributed by atoms with E-state index in [0.717, 1.165) is 22.4 Å². The summed E-state index contributed by atoms with van der Waals surface area (Å²) in [5.74, 6) is 0.219. The zero-order valence-electron chi connectivity index (χ0n) is 15.4. The van der Waals surface area contributed by atoms with Crippen LogP contribution >= 0.6 is 11.3 Å². The second-order valence-corrected chi connectivity index (χ2v) is 7.18. The van der Waals surface area contributed by atoms with Crippen LogP contribution in [0, 0.1) is 5.82 Å². The summed E-state index contributed by atoms with van der Waals surface area (Å²) < 4.78 is 13.2. The van der Waals surface area contributed by atoms with Crippen molar-refractivity contribution in [1.29, 1.82) is 0 Å². The van der Waals surface area contributed by atoms with E-state index in [1.54, 1.807) is 18.3 Å². The number of nitrogens with one attached hydrogen (secondary N) is 2. The Balaban J connectivity index is 1.55. The van der Waals surface area contributed by atoms with Gasteiger partial charge in [-0.15, -0.1) is 10.2 Å². The summed E-state index contributed by atoms with van der Waals surface area (Å²) in [5.41, 5.74) is 3.49. The maximum atomic E-state index is 13.2. The SMILES string of the molecule is CC(=O)Nc1nnc(-c2ccc(Nc3ncccc3-c3ccc(F)cc3)cc2)s1. The summed E-state index contributed by atoms with van der Waals surface area (Å²) in [5, 5.41) is 15.2. The first-order chi connectivity index (χ1) is 14.1. The molecular weight excluding hydrogens is 389 g/mol. The molecule has 0 spiro atoms. The summed E-state index contributed by atoms with van der Waals surface area (Å²) >= 11 is 1.31. The predicted molar refractivity (Wildman–Crippen MR) is 113 cm³/mol. The highest BCUT2D eigenvalue weighted by Crippen LogP contribution is 2.31. The molecule has 0 aliphatic rings. The minimum Gasteiger partial charge on any atom is -0.340 e. The van der Waals surface area contributed by atoms with Gasteiger partial charge >= 0.3 is 0 Å². The van der Waals surface area contributed by atoms with Gasteiger partial charge in [-0.05, 0) is 54.1 Å². The van der Waals surface area contributed by atoms with Crippen LogP contribution in [0.1, 0.15) is 6.92 Å². The number of hydrogen-bond donors (Lipinski definition) is 2. The standard InChI is InChI=1S/C21H16FN5OS/c1-13(28)24-21-27-26-20(29-21)15-6-10-17(11-7-15)25-19-18(3-2-12-23-19)14-4-8-16(22)9-5-14/h2-12H,1H3,(H,23,25)(H,24,27,28). The lowest BCUT2D eigenvalue weighted by atomic mass is 10.1. The average molecular weight is 405 g/mol. The monoisotopic (exact) mass is 405 g/mol. The number of rotatable bonds is 5. The molecule has 2 N–H and O–H groups in total. The van der Waals surface area contributed by atoms with Crippen LogP contribution in [0.4, 0.5) is 21.0 Å². The van der Waals surface area contributed by atoms with Crippen LogP contribution in [0.25, 0.3) is 21.7 Å². The Morgan fingerprint density at radius 2 is 1.69 bits per heavy atom. The fourth-order valence-corrected chi connectivity index (χ4v) is 3.54. The third kappa shape index (κ3) is 4.44. The first-order valence-corrected chi connectivity index (χ1v) is 9.59. The van der Waals surface area contributed by atoms with E-state index in [4.69, 9.17) is 0 Å². The number of benzene rings is 2. The zero-order valence-corrected chi connectivity index (χ0v) is 16.2. The van der Waals surface area contributed by atoms with Crippen molar-refractivity contribution < 1.29 is 9.18 Å². The summed E-state index contributed by atoms with van der Waals surface area (Å²) in [7, 11) is 0. The van der Waals surface area contributed by atoms with Crippen molar-refractivity contribution in [3.05, 3.63) is 72.7 Å². The molecule has 0 saturated heterocycles. The summed E-state index contributed by atoms with van der Waals surface area (Å²) in [6.45, 7) is 1.43. The summed E-state index contributed by atoms with van der Waals surface area (Å²) in [6.07, 6.45) is 1.70. The van der Waals surface area contributed by atoms with Gasteiger partial charge in [-0.25, -0.2) is 9.37 Å². The van der Waals surface area contributed by atoms with Crippen LogP contribution in [-0.2, 0) is 4.79 Å². The van der Waals surface area contributed by atoms with E-state index in [-0.39, 0.29) is 11.7 Å². The molecule has 0 aliphatic carbocycles. The number of pyridine rings is 1. The molecule has 29 heavy (non-hydrogen) atoms. The average Bonchev–Trinajstić information content (AvgIpc) is 3.17. The maximum absolute atomic E-state index is 13.2. The minimum atomic E-state index is -0.277. The fraction of sp³-hybridized carbons (Fsp3) is 0.0476. The molecule has 6 nitrogen and oxygen atoms in total. The van der Waals surface area contributed by atoms with Gasteiger partial charge in [0.15, 0.2) is 0 Å². The second kappa shape index (κ2) is 8.15. The van der Waals surface area contributed by atoms with Gasteiger partial charge in [0.25, 0.3) is 0 Å². The molecule has 0 atom stereocenters. The third-order valence-electron chi connectivity index (χ3n) is 4.07. The van der Waals surface area contributed by atoms with Gasteiger partial charge in [-0.2, -0.15) is 0 Å². The van der Waals surface area contributed by atoms with E-state index in [9.17, 15) is 9.18 Å². The van der Waals surface area contributed by atoms with Crippen LogP contribution in [0.3, 0.4) is 0 Å². The van der Waals surface area contributed by atoms with Crippen molar-refractivity contribution in [2.24, 2.45) is 0 Å².